The van der Waals surface area contributed by atoms with Gasteiger partial charge in [0.15, 0.2) is 5.71 Å². The molecule has 0 N–H and O–H groups in total. The van der Waals surface area contributed by atoms with E-state index in [2.05, 4.69) is 9.99 Å². The number of nitrogens with zero attached hydrogens (tertiary/aromatic N) is 2. The number of hydrogen-bond donors (Lipinski definition) is 0. The molecule has 0 atom stereocenters. The minimum Gasteiger partial charge on any atom is -0.369 e. The van der Waals surface area contributed by atoms with Crippen molar-refractivity contribution in [1.82, 2.24) is 0 Å². The summed E-state index contributed by atoms with van der Waals surface area (Å²) in [6, 6.07) is 0. The van der Waals surface area contributed by atoms with E-state index in [4.69, 9.17) is 0 Å². The Morgan fingerprint density at radius 2 is 1.86 bits per heavy atom. The highest BCUT2D eigenvalue weighted by atomic mass is 32.1. The lowest BCUT2D eigenvalue weighted by molar-refractivity contribution is -0.136. The number of anilines is 1. The Kier molecular flexibility index (Phi) is 3.83. The molecule has 0 saturated heterocycles. The Labute approximate surface area is 123 Å². The molecular weight excluding hydrogens is 305 g/mol. The number of oxime groups is 1. The third-order valence-corrected chi connectivity index (χ3v) is 4.61. The third-order valence-electron chi connectivity index (χ3n) is 3.10. The van der Waals surface area contributed by atoms with E-state index in [1.54, 1.807) is 6.92 Å². The van der Waals surface area contributed by atoms with Crippen LogP contribution in [0.15, 0.2) is 10.7 Å². The highest BCUT2D eigenvalue weighted by Gasteiger charge is 2.45. The molecule has 0 saturated carbocycles. The maximum absolute atomic E-state index is 12.8. The number of alkyl halides is 3. The normalized spacial score (nSPS) is 17.2. The molecule has 8 heteroatoms. The summed E-state index contributed by atoms with van der Waals surface area (Å²) in [6.45, 7) is 3.69. The maximum Gasteiger partial charge on any atom is 0.437 e. The van der Waals surface area contributed by atoms with Crippen molar-refractivity contribution < 1.29 is 22.8 Å². The zero-order chi connectivity index (χ0) is 15.9. The van der Waals surface area contributed by atoms with Crippen molar-refractivity contribution in [2.24, 2.45) is 5.16 Å². The monoisotopic (exact) mass is 318 g/mol. The lowest BCUT2D eigenvalue weighted by Gasteiger charge is -2.10. The largest absolute Gasteiger partial charge is 0.437 e. The van der Waals surface area contributed by atoms with Crippen LogP contribution in [0.4, 0.5) is 18.2 Å². The smallest absolute Gasteiger partial charge is 0.369 e. The van der Waals surface area contributed by atoms with Gasteiger partial charge in [0.1, 0.15) is 0 Å². The molecule has 114 valence electrons. The topological polar surface area (TPSA) is 41.9 Å². The molecule has 1 aromatic rings. The average Bonchev–Trinajstić information content (AvgIpc) is 2.85. The summed E-state index contributed by atoms with van der Waals surface area (Å²) in [6.07, 6.45) is -3.52. The van der Waals surface area contributed by atoms with Gasteiger partial charge in [-0.15, -0.1) is 11.3 Å². The van der Waals surface area contributed by atoms with Crippen molar-refractivity contribution in [3.63, 3.8) is 0 Å². The van der Waals surface area contributed by atoms with Crippen molar-refractivity contribution in [2.75, 3.05) is 19.0 Å². The van der Waals surface area contributed by atoms with Crippen LogP contribution in [-0.2, 0) is 9.63 Å². The molecule has 1 aliphatic heterocycles. The van der Waals surface area contributed by atoms with Crippen molar-refractivity contribution in [3.05, 3.63) is 21.6 Å². The third kappa shape index (κ3) is 2.80. The van der Waals surface area contributed by atoms with E-state index in [-0.39, 0.29) is 0 Å². The van der Waals surface area contributed by atoms with Gasteiger partial charge in [0, 0.05) is 19.0 Å². The van der Waals surface area contributed by atoms with Crippen molar-refractivity contribution in [3.8, 4) is 0 Å². The number of carbonyl (C=O) groups is 1. The first-order valence-electron chi connectivity index (χ1n) is 5.99. The maximum atomic E-state index is 12.8. The second-order valence-corrected chi connectivity index (χ2v) is 5.82. The van der Waals surface area contributed by atoms with Gasteiger partial charge in [-0.2, -0.15) is 13.2 Å². The fourth-order valence-corrected chi connectivity index (χ4v) is 3.09. The predicted molar refractivity (Wildman–Crippen MR) is 75.7 cm³/mol. The summed E-state index contributed by atoms with van der Waals surface area (Å²) < 4.78 is 38.4. The number of halogens is 3. The first-order chi connectivity index (χ1) is 9.62. The Hall–Kier alpha value is -1.83. The van der Waals surface area contributed by atoms with Crippen LogP contribution in [0.25, 0.3) is 6.08 Å². The van der Waals surface area contributed by atoms with Crippen LogP contribution in [0.2, 0.25) is 0 Å². The molecule has 2 heterocycles. The van der Waals surface area contributed by atoms with Gasteiger partial charge in [0.25, 0.3) is 0 Å². The number of carbonyl (C=O) groups excluding carboxylic acids is 1. The highest BCUT2D eigenvalue weighted by molar-refractivity contribution is 7.17. The zero-order valence-corrected chi connectivity index (χ0v) is 12.6. The molecule has 0 unspecified atom stereocenters. The van der Waals surface area contributed by atoms with Crippen LogP contribution in [0.5, 0.6) is 0 Å². The van der Waals surface area contributed by atoms with Crippen molar-refractivity contribution in [2.45, 2.75) is 20.0 Å². The quantitative estimate of drug-likeness (QED) is 0.621. The van der Waals surface area contributed by atoms with Gasteiger partial charge in [-0.3, -0.25) is 0 Å². The lowest BCUT2D eigenvalue weighted by Crippen LogP contribution is -2.24. The molecule has 0 spiro atoms. The van der Waals surface area contributed by atoms with Gasteiger partial charge in [-0.1, -0.05) is 5.16 Å². The van der Waals surface area contributed by atoms with E-state index in [9.17, 15) is 18.0 Å². The van der Waals surface area contributed by atoms with Gasteiger partial charge in [-0.05, 0) is 31.1 Å². The summed E-state index contributed by atoms with van der Waals surface area (Å²) in [5, 5.41) is 3.75. The molecule has 1 aliphatic rings. The Morgan fingerprint density at radius 3 is 2.33 bits per heavy atom. The summed E-state index contributed by atoms with van der Waals surface area (Å²) in [5.41, 5.74) is -0.0485. The molecule has 2 rings (SSSR count). The minimum absolute atomic E-state index is 0.558. The van der Waals surface area contributed by atoms with Crippen LogP contribution in [0.3, 0.4) is 0 Å². The molecule has 0 radical (unpaired) electrons. The number of hydrogen-bond acceptors (Lipinski definition) is 5. The van der Waals surface area contributed by atoms with Crippen LogP contribution in [0.1, 0.15) is 16.0 Å². The zero-order valence-electron chi connectivity index (χ0n) is 11.8. The van der Waals surface area contributed by atoms with E-state index < -0.39 is 23.4 Å². The predicted octanol–water partition coefficient (Wildman–Crippen LogP) is 3.29. The van der Waals surface area contributed by atoms with Gasteiger partial charge < -0.3 is 9.74 Å². The summed E-state index contributed by atoms with van der Waals surface area (Å²) in [4.78, 5) is 18.1. The van der Waals surface area contributed by atoms with E-state index in [0.29, 0.717) is 4.88 Å². The molecule has 0 bridgehead atoms. The van der Waals surface area contributed by atoms with E-state index in [1.807, 2.05) is 25.9 Å². The fraction of sp³-hybridized carbons (Fsp3) is 0.385. The SMILES string of the molecule is Cc1c(C=C2C(=O)ON=C2C(F)(F)F)sc(N(C)C)c1C. The molecular formula is C13H13F3N2O2S. The second-order valence-electron chi connectivity index (χ2n) is 4.79. The van der Waals surface area contributed by atoms with Crippen LogP contribution >= 0.6 is 11.3 Å². The summed E-state index contributed by atoms with van der Waals surface area (Å²) >= 11 is 1.32. The van der Waals surface area contributed by atoms with Crippen LogP contribution < -0.4 is 4.90 Å². The Balaban J connectivity index is 2.51. The summed E-state index contributed by atoms with van der Waals surface area (Å²) in [5.74, 6) is -1.08. The molecule has 21 heavy (non-hydrogen) atoms. The fourth-order valence-electron chi connectivity index (χ4n) is 1.91. The Morgan fingerprint density at radius 1 is 1.24 bits per heavy atom. The number of rotatable bonds is 2. The average molecular weight is 318 g/mol. The van der Waals surface area contributed by atoms with E-state index >= 15 is 0 Å². The van der Waals surface area contributed by atoms with Gasteiger partial charge in [-0.25, -0.2) is 4.79 Å². The lowest BCUT2D eigenvalue weighted by atomic mass is 10.1. The molecule has 0 amide bonds. The van der Waals surface area contributed by atoms with E-state index in [1.165, 1.54) is 17.4 Å². The molecule has 1 aromatic heterocycles. The van der Waals surface area contributed by atoms with Crippen molar-refractivity contribution in [1.29, 1.82) is 0 Å². The van der Waals surface area contributed by atoms with E-state index in [0.717, 1.165) is 16.1 Å². The standard InChI is InChI=1S/C13H13F3N2O2S/c1-6-7(2)11(18(3)4)21-9(6)5-8-10(13(14,15)16)17-20-12(8)19/h5H,1-4H3. The molecule has 4 nitrogen and oxygen atoms in total. The van der Waals surface area contributed by atoms with Crippen LogP contribution in [-0.4, -0.2) is 32.0 Å². The highest BCUT2D eigenvalue weighted by Crippen LogP contribution is 2.37. The minimum atomic E-state index is -4.72. The molecule has 0 fully saturated rings. The molecule has 0 aliphatic carbocycles. The molecule has 0 aromatic carbocycles. The van der Waals surface area contributed by atoms with Crippen molar-refractivity contribution >= 4 is 34.1 Å². The second kappa shape index (κ2) is 5.18. The number of thiophene rings is 1. The van der Waals surface area contributed by atoms with Crippen LogP contribution in [0, 0.1) is 13.8 Å². The summed E-state index contributed by atoms with van der Waals surface area (Å²) in [7, 11) is 3.70. The Bertz CT molecular complexity index is 657. The first kappa shape index (κ1) is 15.6. The van der Waals surface area contributed by atoms with Gasteiger partial charge >= 0.3 is 12.1 Å². The van der Waals surface area contributed by atoms with Gasteiger partial charge in [0.2, 0.25) is 0 Å². The van der Waals surface area contributed by atoms with Gasteiger partial charge in [0.05, 0.1) is 10.6 Å². The first-order valence-corrected chi connectivity index (χ1v) is 6.80.